The van der Waals surface area contributed by atoms with Crippen molar-refractivity contribution in [2.45, 2.75) is 54.1 Å². The van der Waals surface area contributed by atoms with Crippen LogP contribution in [-0.4, -0.2) is 73.3 Å². The molecule has 0 N–H and O–H groups in total. The first-order valence-electron chi connectivity index (χ1n) is 8.72. The number of hydrogen-bond donors (Lipinski definition) is 0. The standard InChI is InChI=1S/C13H7F17O2.C4H6O2/c1-2-5(31)32-4-3-6(14,15)7(16,17)8(18,19)9(20,21)10(22,23)11(24,25)12(26,27)13(28,29)30;1-3-4(5)6-2/h2H,1,3-4H2;3H,1H2,2H3. The van der Waals surface area contributed by atoms with E-state index in [0.717, 1.165) is 6.08 Å². The van der Waals surface area contributed by atoms with E-state index >= 15 is 0 Å². The minimum absolute atomic E-state index is 0.197. The summed E-state index contributed by atoms with van der Waals surface area (Å²) in [5, 5.41) is 0. The van der Waals surface area contributed by atoms with Gasteiger partial charge >= 0.3 is 59.6 Å². The van der Waals surface area contributed by atoms with Gasteiger partial charge in [-0.3, -0.25) is 0 Å². The van der Waals surface area contributed by atoms with Crippen LogP contribution in [0.2, 0.25) is 0 Å². The van der Waals surface area contributed by atoms with Gasteiger partial charge in [0.15, 0.2) is 0 Å². The monoisotopic (exact) mass is 604 g/mol. The molecule has 0 bridgehead atoms. The van der Waals surface area contributed by atoms with Crippen molar-refractivity contribution in [1.29, 1.82) is 0 Å². The van der Waals surface area contributed by atoms with Crippen molar-refractivity contribution in [2.24, 2.45) is 0 Å². The van der Waals surface area contributed by atoms with E-state index in [1.54, 1.807) is 0 Å². The molecule has 0 fully saturated rings. The Morgan fingerprint density at radius 3 is 1.16 bits per heavy atom. The molecule has 0 spiro atoms. The van der Waals surface area contributed by atoms with E-state index < -0.39 is 72.6 Å². The summed E-state index contributed by atoms with van der Waals surface area (Å²) in [4.78, 5) is 20.4. The Kier molecular flexibility index (Phi) is 11.4. The van der Waals surface area contributed by atoms with Crippen molar-refractivity contribution in [3.05, 3.63) is 25.3 Å². The Hall–Kier alpha value is -2.77. The van der Waals surface area contributed by atoms with E-state index in [0.29, 0.717) is 0 Å². The van der Waals surface area contributed by atoms with Crippen molar-refractivity contribution in [1.82, 2.24) is 0 Å². The Bertz CT molecular complexity index is 861. The van der Waals surface area contributed by atoms with Crippen molar-refractivity contribution in [3.8, 4) is 0 Å². The molecule has 0 aliphatic heterocycles. The molecular formula is C17H13F17O4. The van der Waals surface area contributed by atoms with Gasteiger partial charge in [0, 0.05) is 12.2 Å². The van der Waals surface area contributed by atoms with Gasteiger partial charge in [0.1, 0.15) is 0 Å². The lowest BCUT2D eigenvalue weighted by atomic mass is 9.88. The number of methoxy groups -OCH3 is 1. The maximum Gasteiger partial charge on any atom is 0.460 e. The van der Waals surface area contributed by atoms with Crippen molar-refractivity contribution in [3.63, 3.8) is 0 Å². The average molecular weight is 604 g/mol. The van der Waals surface area contributed by atoms with E-state index in [4.69, 9.17) is 0 Å². The Morgan fingerprint density at radius 2 is 0.895 bits per heavy atom. The molecule has 0 aliphatic rings. The second-order valence-corrected chi connectivity index (χ2v) is 6.50. The first-order chi connectivity index (χ1) is 16.5. The molecule has 4 nitrogen and oxygen atoms in total. The van der Waals surface area contributed by atoms with Crippen LogP contribution < -0.4 is 0 Å². The zero-order valence-electron chi connectivity index (χ0n) is 18.0. The smallest absolute Gasteiger partial charge is 0.460 e. The van der Waals surface area contributed by atoms with Crippen molar-refractivity contribution in [2.75, 3.05) is 13.7 Å². The number of ether oxygens (including phenoxy) is 2. The summed E-state index contributed by atoms with van der Waals surface area (Å²) in [6.45, 7) is 3.82. The molecule has 0 saturated heterocycles. The van der Waals surface area contributed by atoms with E-state index in [1.807, 2.05) is 0 Å². The zero-order chi connectivity index (χ0) is 31.4. The third-order valence-corrected chi connectivity index (χ3v) is 3.98. The molecule has 0 unspecified atom stereocenters. The van der Waals surface area contributed by atoms with Gasteiger partial charge in [-0.25, -0.2) is 9.59 Å². The average Bonchev–Trinajstić information content (AvgIpc) is 2.76. The molecule has 0 aromatic heterocycles. The molecule has 38 heavy (non-hydrogen) atoms. The van der Waals surface area contributed by atoms with Gasteiger partial charge < -0.3 is 9.47 Å². The number of carbonyl (C=O) groups excluding carboxylic acids is 2. The van der Waals surface area contributed by atoms with Gasteiger partial charge in [0.25, 0.3) is 0 Å². The molecule has 21 heteroatoms. The minimum atomic E-state index is -8.67. The van der Waals surface area contributed by atoms with E-state index in [1.165, 1.54) is 7.11 Å². The van der Waals surface area contributed by atoms with E-state index in [9.17, 15) is 84.2 Å². The molecule has 0 aromatic carbocycles. The minimum Gasteiger partial charge on any atom is -0.466 e. The second-order valence-electron chi connectivity index (χ2n) is 6.50. The van der Waals surface area contributed by atoms with Crippen LogP contribution in [0.1, 0.15) is 6.42 Å². The van der Waals surface area contributed by atoms with Crippen LogP contribution in [0.25, 0.3) is 0 Å². The topological polar surface area (TPSA) is 52.6 Å². The number of rotatable bonds is 11. The third-order valence-electron chi connectivity index (χ3n) is 3.98. The third kappa shape index (κ3) is 6.44. The fourth-order valence-corrected chi connectivity index (χ4v) is 1.78. The summed E-state index contributed by atoms with van der Waals surface area (Å²) in [5.74, 6) is -58.8. The van der Waals surface area contributed by atoms with Crippen LogP contribution in [0.3, 0.4) is 0 Å². The van der Waals surface area contributed by atoms with Crippen LogP contribution in [0.15, 0.2) is 25.3 Å². The van der Waals surface area contributed by atoms with Gasteiger partial charge in [0.05, 0.1) is 20.1 Å². The maximum atomic E-state index is 13.4. The SMILES string of the molecule is C=CC(=O)OC.C=CC(=O)OCCC(F)(F)C(F)(F)C(F)(F)C(F)(F)C(F)(F)C(F)(F)C(F)(F)C(F)(F)F. The van der Waals surface area contributed by atoms with Gasteiger partial charge in [-0.05, 0) is 0 Å². The largest absolute Gasteiger partial charge is 0.466 e. The molecule has 224 valence electrons. The molecule has 0 rings (SSSR count). The van der Waals surface area contributed by atoms with E-state index in [-0.39, 0.29) is 6.08 Å². The van der Waals surface area contributed by atoms with E-state index in [2.05, 4.69) is 22.6 Å². The highest BCUT2D eigenvalue weighted by Crippen LogP contribution is 2.64. The number of esters is 2. The van der Waals surface area contributed by atoms with Gasteiger partial charge in [-0.15, -0.1) is 0 Å². The number of alkyl halides is 17. The molecule has 0 aromatic rings. The molecule has 0 heterocycles. The van der Waals surface area contributed by atoms with Gasteiger partial charge in [-0.2, -0.15) is 74.6 Å². The summed E-state index contributed by atoms with van der Waals surface area (Å²) < 4.78 is 228. The molecule has 0 amide bonds. The fourth-order valence-electron chi connectivity index (χ4n) is 1.78. The normalized spacial score (nSPS) is 14.2. The first-order valence-corrected chi connectivity index (χ1v) is 8.72. The molecule has 0 aliphatic carbocycles. The Morgan fingerprint density at radius 1 is 0.579 bits per heavy atom. The lowest BCUT2D eigenvalue weighted by Gasteiger charge is -2.42. The predicted octanol–water partition coefficient (Wildman–Crippen LogP) is 6.46. The highest BCUT2D eigenvalue weighted by atomic mass is 19.4. The lowest BCUT2D eigenvalue weighted by molar-refractivity contribution is -0.461. The van der Waals surface area contributed by atoms with Crippen molar-refractivity contribution < 1.29 is 93.7 Å². The quantitative estimate of drug-likeness (QED) is 0.154. The van der Waals surface area contributed by atoms with Crippen LogP contribution in [0.4, 0.5) is 74.6 Å². The first kappa shape index (κ1) is 37.4. The summed E-state index contributed by atoms with van der Waals surface area (Å²) in [5.41, 5.74) is 0. The summed E-state index contributed by atoms with van der Waals surface area (Å²) in [6.07, 6.45) is -9.33. The zero-order valence-corrected chi connectivity index (χ0v) is 18.0. The van der Waals surface area contributed by atoms with Crippen LogP contribution in [0.5, 0.6) is 0 Å². The van der Waals surface area contributed by atoms with Gasteiger partial charge in [-0.1, -0.05) is 13.2 Å². The molecule has 0 atom stereocenters. The van der Waals surface area contributed by atoms with Crippen LogP contribution in [-0.2, 0) is 19.1 Å². The lowest BCUT2D eigenvalue weighted by Crippen LogP contribution is -2.74. The molecule has 0 radical (unpaired) electrons. The Balaban J connectivity index is 0. The molecular weight excluding hydrogens is 591 g/mol. The summed E-state index contributed by atoms with van der Waals surface area (Å²) in [7, 11) is 1.31. The number of halogens is 17. The maximum absolute atomic E-state index is 13.4. The second kappa shape index (κ2) is 11.5. The summed E-state index contributed by atoms with van der Waals surface area (Å²) >= 11 is 0. The Labute approximate surface area is 200 Å². The predicted molar refractivity (Wildman–Crippen MR) is 88.7 cm³/mol. The fraction of sp³-hybridized carbons (Fsp3) is 0.647. The van der Waals surface area contributed by atoms with Crippen LogP contribution >= 0.6 is 0 Å². The van der Waals surface area contributed by atoms with Crippen LogP contribution in [0, 0.1) is 0 Å². The number of hydrogen-bond acceptors (Lipinski definition) is 4. The summed E-state index contributed by atoms with van der Waals surface area (Å²) in [6, 6.07) is 0. The highest BCUT2D eigenvalue weighted by molar-refractivity contribution is 5.81. The number of carbonyl (C=O) groups is 2. The molecule has 0 saturated carbocycles. The highest BCUT2D eigenvalue weighted by Gasteiger charge is 2.95. The van der Waals surface area contributed by atoms with Gasteiger partial charge in [0.2, 0.25) is 0 Å². The van der Waals surface area contributed by atoms with Crippen molar-refractivity contribution >= 4 is 11.9 Å².